The lowest BCUT2D eigenvalue weighted by Gasteiger charge is -2.14. The zero-order valence-corrected chi connectivity index (χ0v) is 13.4. The van der Waals surface area contributed by atoms with Crippen LogP contribution in [0.2, 0.25) is 0 Å². The van der Waals surface area contributed by atoms with Gasteiger partial charge in [-0.3, -0.25) is 0 Å². The molecule has 2 aromatic rings. The number of nitrogens with zero attached hydrogens (tertiary/aromatic N) is 3. The molecule has 0 aromatic heterocycles. The summed E-state index contributed by atoms with van der Waals surface area (Å²) in [5.41, 5.74) is 3.79. The molecule has 0 saturated carbocycles. The van der Waals surface area contributed by atoms with E-state index >= 15 is 0 Å². The molecular weight excluding hydrogens is 302 g/mol. The number of hydrogen-bond donors (Lipinski definition) is 0. The van der Waals surface area contributed by atoms with Crippen molar-refractivity contribution in [2.75, 3.05) is 19.0 Å². The number of rotatable bonds is 3. The Labute approximate surface area is 140 Å². The molecule has 1 aliphatic heterocycles. The molecule has 118 valence electrons. The number of carbonyl (C=O) groups is 1. The van der Waals surface area contributed by atoms with Gasteiger partial charge in [-0.1, -0.05) is 41.6 Å². The van der Waals surface area contributed by atoms with E-state index in [4.69, 9.17) is 4.84 Å². The van der Waals surface area contributed by atoms with Crippen molar-refractivity contribution in [3.8, 4) is 6.07 Å². The minimum atomic E-state index is -0.496. The van der Waals surface area contributed by atoms with Crippen molar-refractivity contribution in [2.24, 2.45) is 5.16 Å². The first-order valence-electron chi connectivity index (χ1n) is 7.38. The lowest BCUT2D eigenvalue weighted by Crippen LogP contribution is -2.10. The molecule has 0 bridgehead atoms. The third-order valence-corrected chi connectivity index (χ3v) is 3.68. The average molecular weight is 317 g/mol. The molecule has 5 heteroatoms. The van der Waals surface area contributed by atoms with E-state index in [0.717, 1.165) is 16.8 Å². The van der Waals surface area contributed by atoms with E-state index in [1.807, 2.05) is 61.5 Å². The highest BCUT2D eigenvalue weighted by atomic mass is 16.7. The number of oxime groups is 1. The summed E-state index contributed by atoms with van der Waals surface area (Å²) in [6.45, 7) is 0. The predicted octanol–water partition coefficient (Wildman–Crippen LogP) is 2.97. The molecule has 0 saturated heterocycles. The summed E-state index contributed by atoms with van der Waals surface area (Å²) < 4.78 is 0. The number of anilines is 1. The van der Waals surface area contributed by atoms with Gasteiger partial charge in [-0.05, 0) is 23.8 Å². The van der Waals surface area contributed by atoms with Crippen LogP contribution in [-0.2, 0) is 9.63 Å². The zero-order chi connectivity index (χ0) is 17.1. The molecule has 3 rings (SSSR count). The molecule has 0 spiro atoms. The largest absolute Gasteiger partial charge is 0.377 e. The van der Waals surface area contributed by atoms with Crippen LogP contribution >= 0.6 is 0 Å². The van der Waals surface area contributed by atoms with Crippen LogP contribution in [0.5, 0.6) is 0 Å². The Bertz CT molecular complexity index is 891. The second-order valence-corrected chi connectivity index (χ2v) is 5.53. The third kappa shape index (κ3) is 2.90. The van der Waals surface area contributed by atoms with Crippen LogP contribution in [0, 0.1) is 11.3 Å². The molecule has 0 aliphatic carbocycles. The van der Waals surface area contributed by atoms with Gasteiger partial charge in [0.2, 0.25) is 0 Å². The topological polar surface area (TPSA) is 65.7 Å². The SMILES string of the molecule is CN(C)c1ccc(C=C2C(=O)ON=C2c2ccccc2)cc1C#N. The first kappa shape index (κ1) is 15.5. The summed E-state index contributed by atoms with van der Waals surface area (Å²) in [6.07, 6.45) is 1.70. The van der Waals surface area contributed by atoms with Gasteiger partial charge in [-0.25, -0.2) is 4.79 Å². The van der Waals surface area contributed by atoms with Crippen molar-refractivity contribution < 1.29 is 9.63 Å². The maximum Gasteiger partial charge on any atom is 0.368 e. The van der Waals surface area contributed by atoms with Crippen molar-refractivity contribution in [3.05, 3.63) is 70.8 Å². The second kappa shape index (κ2) is 6.39. The normalized spacial score (nSPS) is 15.0. The van der Waals surface area contributed by atoms with Crippen molar-refractivity contribution >= 4 is 23.4 Å². The summed E-state index contributed by atoms with van der Waals surface area (Å²) in [5.74, 6) is -0.496. The van der Waals surface area contributed by atoms with Crippen LogP contribution < -0.4 is 4.90 Å². The molecule has 0 N–H and O–H groups in total. The van der Waals surface area contributed by atoms with Gasteiger partial charge in [0.15, 0.2) is 0 Å². The van der Waals surface area contributed by atoms with E-state index in [1.165, 1.54) is 0 Å². The van der Waals surface area contributed by atoms with Gasteiger partial charge in [-0.15, -0.1) is 0 Å². The Morgan fingerprint density at radius 3 is 2.58 bits per heavy atom. The van der Waals surface area contributed by atoms with Crippen LogP contribution in [0.25, 0.3) is 6.08 Å². The van der Waals surface area contributed by atoms with Gasteiger partial charge in [-0.2, -0.15) is 5.26 Å². The fourth-order valence-electron chi connectivity index (χ4n) is 2.50. The number of nitriles is 1. The van der Waals surface area contributed by atoms with E-state index in [-0.39, 0.29) is 0 Å². The predicted molar refractivity (Wildman–Crippen MR) is 92.5 cm³/mol. The van der Waals surface area contributed by atoms with Crippen LogP contribution in [0.1, 0.15) is 16.7 Å². The van der Waals surface area contributed by atoms with Gasteiger partial charge in [0, 0.05) is 19.7 Å². The number of carbonyl (C=O) groups excluding carboxylic acids is 1. The fourth-order valence-corrected chi connectivity index (χ4v) is 2.50. The Kier molecular flexibility index (Phi) is 4.13. The molecule has 0 amide bonds. The Morgan fingerprint density at radius 1 is 1.17 bits per heavy atom. The summed E-state index contributed by atoms with van der Waals surface area (Å²) >= 11 is 0. The van der Waals surface area contributed by atoms with Crippen molar-refractivity contribution in [2.45, 2.75) is 0 Å². The van der Waals surface area contributed by atoms with Gasteiger partial charge < -0.3 is 9.74 Å². The van der Waals surface area contributed by atoms with E-state index < -0.39 is 5.97 Å². The van der Waals surface area contributed by atoms with Crippen LogP contribution in [-0.4, -0.2) is 25.8 Å². The minimum absolute atomic E-state index is 0.377. The van der Waals surface area contributed by atoms with Crippen LogP contribution in [0.15, 0.2) is 59.3 Å². The highest BCUT2D eigenvalue weighted by Gasteiger charge is 2.26. The lowest BCUT2D eigenvalue weighted by atomic mass is 9.99. The Morgan fingerprint density at radius 2 is 1.92 bits per heavy atom. The van der Waals surface area contributed by atoms with Crippen molar-refractivity contribution in [1.29, 1.82) is 5.26 Å². The maximum atomic E-state index is 12.0. The van der Waals surface area contributed by atoms with Gasteiger partial charge in [0.05, 0.1) is 16.8 Å². The molecule has 0 atom stereocenters. The molecule has 0 unspecified atom stereocenters. The molecule has 0 radical (unpaired) electrons. The molecule has 1 heterocycles. The number of benzene rings is 2. The van der Waals surface area contributed by atoms with Crippen LogP contribution in [0.4, 0.5) is 5.69 Å². The smallest absolute Gasteiger partial charge is 0.368 e. The second-order valence-electron chi connectivity index (χ2n) is 5.53. The molecule has 5 nitrogen and oxygen atoms in total. The van der Waals surface area contributed by atoms with E-state index in [0.29, 0.717) is 16.8 Å². The van der Waals surface area contributed by atoms with Gasteiger partial charge in [0.1, 0.15) is 11.8 Å². The summed E-state index contributed by atoms with van der Waals surface area (Å²) in [5, 5.41) is 13.2. The highest BCUT2D eigenvalue weighted by Crippen LogP contribution is 2.24. The first-order valence-corrected chi connectivity index (χ1v) is 7.38. The summed E-state index contributed by atoms with van der Waals surface area (Å²) in [7, 11) is 3.76. The molecule has 0 fully saturated rings. The maximum absolute atomic E-state index is 12.0. The quantitative estimate of drug-likeness (QED) is 0.645. The Balaban J connectivity index is 2.03. The number of hydrogen-bond acceptors (Lipinski definition) is 5. The molecular formula is C19H15N3O2. The van der Waals surface area contributed by atoms with Gasteiger partial charge >= 0.3 is 5.97 Å². The van der Waals surface area contributed by atoms with Crippen LogP contribution in [0.3, 0.4) is 0 Å². The van der Waals surface area contributed by atoms with Crippen molar-refractivity contribution in [1.82, 2.24) is 0 Å². The standard InChI is InChI=1S/C19H15N3O2/c1-22(2)17-9-8-13(10-15(17)12-20)11-16-18(21-24-19(16)23)14-6-4-3-5-7-14/h3-11H,1-2H3. The van der Waals surface area contributed by atoms with E-state index in [9.17, 15) is 10.1 Å². The van der Waals surface area contributed by atoms with Crippen molar-refractivity contribution in [3.63, 3.8) is 0 Å². The lowest BCUT2D eigenvalue weighted by molar-refractivity contribution is -0.136. The molecule has 1 aliphatic rings. The molecule has 2 aromatic carbocycles. The van der Waals surface area contributed by atoms with E-state index in [1.54, 1.807) is 12.1 Å². The first-order chi connectivity index (χ1) is 11.6. The molecule has 24 heavy (non-hydrogen) atoms. The average Bonchev–Trinajstić information content (AvgIpc) is 2.96. The van der Waals surface area contributed by atoms with Gasteiger partial charge in [0.25, 0.3) is 0 Å². The summed E-state index contributed by atoms with van der Waals surface area (Å²) in [6, 6.07) is 17.0. The van der Waals surface area contributed by atoms with E-state index in [2.05, 4.69) is 11.2 Å². The zero-order valence-electron chi connectivity index (χ0n) is 13.4. The third-order valence-electron chi connectivity index (χ3n) is 3.68. The Hall–Kier alpha value is -3.39. The minimum Gasteiger partial charge on any atom is -0.377 e. The fraction of sp³-hybridized carbons (Fsp3) is 0.105. The summed E-state index contributed by atoms with van der Waals surface area (Å²) in [4.78, 5) is 18.7. The monoisotopic (exact) mass is 317 g/mol. The highest BCUT2D eigenvalue weighted by molar-refractivity contribution is 6.31.